The molecule has 0 aliphatic heterocycles. The van der Waals surface area contributed by atoms with Gasteiger partial charge in [-0.05, 0) is 68.1 Å². The monoisotopic (exact) mass is 442 g/mol. The summed E-state index contributed by atoms with van der Waals surface area (Å²) in [5, 5.41) is 9.59. The Hall–Kier alpha value is -1.96. The molecule has 29 heavy (non-hydrogen) atoms. The summed E-state index contributed by atoms with van der Waals surface area (Å²) in [4.78, 5) is -0.00587. The standard InChI is InChI=1S/C21H21ClF2O4S/c1-14(25)13-28-17-8-10-21(11-9-17,19-12-16(23)4-7-20(19)24)29(26,27)18-5-2-15(22)3-6-18/h2-7,12,17,25H,1,8-11,13H2. The van der Waals surface area contributed by atoms with Crippen molar-refractivity contribution >= 4 is 21.4 Å². The first-order valence-electron chi connectivity index (χ1n) is 9.10. The van der Waals surface area contributed by atoms with Crippen LogP contribution in [0.1, 0.15) is 31.2 Å². The summed E-state index contributed by atoms with van der Waals surface area (Å²) >= 11 is 5.88. The van der Waals surface area contributed by atoms with E-state index in [0.29, 0.717) is 17.9 Å². The van der Waals surface area contributed by atoms with Crippen LogP contribution in [0.3, 0.4) is 0 Å². The fourth-order valence-electron chi connectivity index (χ4n) is 3.81. The molecule has 8 heteroatoms. The largest absolute Gasteiger partial charge is 0.510 e. The second-order valence-electron chi connectivity index (χ2n) is 7.15. The zero-order chi connectivity index (χ0) is 21.2. The molecule has 0 heterocycles. The van der Waals surface area contributed by atoms with Crippen LogP contribution in [-0.2, 0) is 19.3 Å². The number of hydrogen-bond donors (Lipinski definition) is 1. The minimum Gasteiger partial charge on any atom is -0.510 e. The maximum atomic E-state index is 14.7. The fourth-order valence-corrected chi connectivity index (χ4v) is 6.10. The molecule has 1 saturated carbocycles. The maximum Gasteiger partial charge on any atom is 0.188 e. The van der Waals surface area contributed by atoms with Crippen LogP contribution in [0.15, 0.2) is 59.7 Å². The van der Waals surface area contributed by atoms with Crippen molar-refractivity contribution < 1.29 is 27.0 Å². The Labute approximate surface area is 173 Å². The predicted molar refractivity (Wildman–Crippen MR) is 107 cm³/mol. The Morgan fingerprint density at radius 2 is 1.79 bits per heavy atom. The molecule has 1 aliphatic rings. The zero-order valence-electron chi connectivity index (χ0n) is 15.6. The molecule has 0 aromatic heterocycles. The maximum absolute atomic E-state index is 14.7. The van der Waals surface area contributed by atoms with Crippen molar-refractivity contribution in [3.05, 3.63) is 77.0 Å². The quantitative estimate of drug-likeness (QED) is 0.615. The van der Waals surface area contributed by atoms with Gasteiger partial charge in [0, 0.05) is 10.6 Å². The number of sulfone groups is 1. The van der Waals surface area contributed by atoms with Gasteiger partial charge in [-0.3, -0.25) is 0 Å². The highest BCUT2D eigenvalue weighted by molar-refractivity contribution is 7.92. The Balaban J connectivity index is 2.05. The molecule has 1 aliphatic carbocycles. The third kappa shape index (κ3) is 4.32. The summed E-state index contributed by atoms with van der Waals surface area (Å²) in [6.07, 6.45) is 0.373. The Morgan fingerprint density at radius 3 is 2.38 bits per heavy atom. The van der Waals surface area contributed by atoms with E-state index >= 15 is 0 Å². The van der Waals surface area contributed by atoms with Crippen LogP contribution < -0.4 is 0 Å². The predicted octanol–water partition coefficient (Wildman–Crippen LogP) is 5.32. The molecule has 0 radical (unpaired) electrons. The molecule has 3 rings (SSSR count). The second-order valence-corrected chi connectivity index (χ2v) is 9.85. The van der Waals surface area contributed by atoms with E-state index in [-0.39, 0.29) is 41.8 Å². The topological polar surface area (TPSA) is 63.6 Å². The van der Waals surface area contributed by atoms with Gasteiger partial charge in [0.2, 0.25) is 0 Å². The van der Waals surface area contributed by atoms with Gasteiger partial charge in [-0.15, -0.1) is 0 Å². The third-order valence-electron chi connectivity index (χ3n) is 5.28. The molecule has 0 unspecified atom stereocenters. The van der Waals surface area contributed by atoms with E-state index in [4.69, 9.17) is 16.3 Å². The number of aliphatic hydroxyl groups excluding tert-OH is 1. The number of benzene rings is 2. The van der Waals surface area contributed by atoms with Crippen LogP contribution in [0.25, 0.3) is 0 Å². The molecule has 4 nitrogen and oxygen atoms in total. The summed E-state index contributed by atoms with van der Waals surface area (Å²) in [5.41, 5.74) is -0.183. The molecule has 2 aromatic rings. The average molecular weight is 443 g/mol. The van der Waals surface area contributed by atoms with E-state index in [1.54, 1.807) is 0 Å². The molecular weight excluding hydrogens is 422 g/mol. The SMILES string of the molecule is C=C(O)COC1CCC(c2cc(F)ccc2F)(S(=O)(=O)c2ccc(Cl)cc2)CC1. The lowest BCUT2D eigenvalue weighted by atomic mass is 9.81. The van der Waals surface area contributed by atoms with Crippen LogP contribution in [0.5, 0.6) is 0 Å². The molecule has 0 amide bonds. The number of ether oxygens (including phenoxy) is 1. The van der Waals surface area contributed by atoms with Gasteiger partial charge in [-0.25, -0.2) is 17.2 Å². The summed E-state index contributed by atoms with van der Waals surface area (Å²) in [6.45, 7) is 3.30. The smallest absolute Gasteiger partial charge is 0.188 e. The molecule has 1 fully saturated rings. The van der Waals surface area contributed by atoms with Crippen molar-refractivity contribution in [3.63, 3.8) is 0 Å². The molecule has 0 saturated heterocycles. The molecule has 1 N–H and O–H groups in total. The van der Waals surface area contributed by atoms with E-state index in [9.17, 15) is 22.3 Å². The fraction of sp³-hybridized carbons (Fsp3) is 0.333. The first-order chi connectivity index (χ1) is 13.7. The van der Waals surface area contributed by atoms with Crippen molar-refractivity contribution in [1.29, 1.82) is 0 Å². The first-order valence-corrected chi connectivity index (χ1v) is 11.0. The van der Waals surface area contributed by atoms with Gasteiger partial charge in [-0.1, -0.05) is 18.2 Å². The van der Waals surface area contributed by atoms with Crippen molar-refractivity contribution in [2.75, 3.05) is 6.61 Å². The van der Waals surface area contributed by atoms with Gasteiger partial charge < -0.3 is 9.84 Å². The highest BCUT2D eigenvalue weighted by Gasteiger charge is 2.50. The minimum atomic E-state index is -4.08. The van der Waals surface area contributed by atoms with E-state index < -0.39 is 26.2 Å². The van der Waals surface area contributed by atoms with Crippen LogP contribution in [-0.4, -0.2) is 26.2 Å². The molecule has 0 spiro atoms. The van der Waals surface area contributed by atoms with Crippen molar-refractivity contribution in [3.8, 4) is 0 Å². The Kier molecular flexibility index (Phi) is 6.31. The summed E-state index contributed by atoms with van der Waals surface area (Å²) in [6, 6.07) is 8.51. The summed E-state index contributed by atoms with van der Waals surface area (Å²) < 4.78 is 59.8. The Morgan fingerprint density at radius 1 is 1.17 bits per heavy atom. The third-order valence-corrected chi connectivity index (χ3v) is 8.09. The minimum absolute atomic E-state index is 0.00587. The molecule has 0 bridgehead atoms. The highest BCUT2D eigenvalue weighted by atomic mass is 35.5. The Bertz CT molecular complexity index is 998. The van der Waals surface area contributed by atoms with Gasteiger partial charge in [0.25, 0.3) is 0 Å². The van der Waals surface area contributed by atoms with E-state index in [2.05, 4.69) is 6.58 Å². The molecular formula is C21H21ClF2O4S. The lowest BCUT2D eigenvalue weighted by molar-refractivity contribution is 0.0214. The van der Waals surface area contributed by atoms with Gasteiger partial charge in [0.05, 0.1) is 11.0 Å². The normalized spacial score (nSPS) is 22.4. The first kappa shape index (κ1) is 21.7. The van der Waals surface area contributed by atoms with E-state index in [1.165, 1.54) is 24.3 Å². The summed E-state index contributed by atoms with van der Waals surface area (Å²) in [7, 11) is -4.08. The van der Waals surface area contributed by atoms with Crippen LogP contribution in [0.4, 0.5) is 8.78 Å². The lowest BCUT2D eigenvalue weighted by Crippen LogP contribution is -2.42. The molecule has 0 atom stereocenters. The highest BCUT2D eigenvalue weighted by Crippen LogP contribution is 2.48. The lowest BCUT2D eigenvalue weighted by Gasteiger charge is -2.40. The van der Waals surface area contributed by atoms with Crippen LogP contribution in [0, 0.1) is 11.6 Å². The number of halogens is 3. The average Bonchev–Trinajstić information content (AvgIpc) is 2.69. The number of rotatable bonds is 6. The second kappa shape index (κ2) is 8.42. The summed E-state index contributed by atoms with van der Waals surface area (Å²) in [5.74, 6) is -1.61. The van der Waals surface area contributed by atoms with Crippen molar-refractivity contribution in [2.45, 2.75) is 41.4 Å². The van der Waals surface area contributed by atoms with E-state index in [0.717, 1.165) is 18.2 Å². The van der Waals surface area contributed by atoms with Crippen LogP contribution in [0.2, 0.25) is 5.02 Å². The van der Waals surface area contributed by atoms with Crippen molar-refractivity contribution in [1.82, 2.24) is 0 Å². The van der Waals surface area contributed by atoms with Gasteiger partial charge in [0.1, 0.15) is 28.7 Å². The zero-order valence-corrected chi connectivity index (χ0v) is 17.1. The van der Waals surface area contributed by atoms with Gasteiger partial charge >= 0.3 is 0 Å². The van der Waals surface area contributed by atoms with Crippen molar-refractivity contribution in [2.24, 2.45) is 0 Å². The van der Waals surface area contributed by atoms with Crippen LogP contribution >= 0.6 is 11.6 Å². The number of hydrogen-bond acceptors (Lipinski definition) is 4. The van der Waals surface area contributed by atoms with Gasteiger partial charge in [-0.2, -0.15) is 0 Å². The number of aliphatic hydroxyl groups is 1. The molecule has 156 valence electrons. The van der Waals surface area contributed by atoms with E-state index in [1.807, 2.05) is 0 Å². The van der Waals surface area contributed by atoms with Gasteiger partial charge in [0.15, 0.2) is 9.84 Å². The molecule has 2 aromatic carbocycles.